The van der Waals surface area contributed by atoms with Gasteiger partial charge in [-0.05, 0) is 42.0 Å². The highest BCUT2D eigenvalue weighted by Crippen LogP contribution is 2.36. The Hall–Kier alpha value is -2.77. The number of hydrogen-bond acceptors (Lipinski definition) is 6. The highest BCUT2D eigenvalue weighted by atomic mass is 16.3. The van der Waals surface area contributed by atoms with E-state index in [1.807, 2.05) is 51.1 Å². The zero-order valence-corrected chi connectivity index (χ0v) is 16.3. The van der Waals surface area contributed by atoms with Crippen molar-refractivity contribution < 1.29 is 20.1 Å². The van der Waals surface area contributed by atoms with Crippen LogP contribution in [0.3, 0.4) is 0 Å². The Kier molecular flexibility index (Phi) is 5.49. The summed E-state index contributed by atoms with van der Waals surface area (Å²) in [5, 5.41) is 38.5. The summed E-state index contributed by atoms with van der Waals surface area (Å²) in [5.74, 6) is -0.501. The second kappa shape index (κ2) is 7.69. The van der Waals surface area contributed by atoms with E-state index in [0.717, 1.165) is 11.1 Å². The van der Waals surface area contributed by atoms with Gasteiger partial charge in [-0.2, -0.15) is 0 Å². The SMILES string of the molecule is CC(C)(C)c1cc(CCC(O)C(=O)CO)cc(-n2nc3ccccc3n2)c1O. The molecule has 3 aromatic rings. The lowest BCUT2D eigenvalue weighted by Crippen LogP contribution is -2.24. The molecule has 0 spiro atoms. The van der Waals surface area contributed by atoms with Crippen LogP contribution in [0.1, 0.15) is 38.3 Å². The van der Waals surface area contributed by atoms with Crippen LogP contribution in [0.15, 0.2) is 36.4 Å². The Balaban J connectivity index is 2.04. The Morgan fingerprint density at radius 1 is 1.14 bits per heavy atom. The number of aliphatic hydroxyl groups excluding tert-OH is 2. The van der Waals surface area contributed by atoms with E-state index in [2.05, 4.69) is 10.2 Å². The third kappa shape index (κ3) is 4.05. The minimum absolute atomic E-state index is 0.100. The molecule has 0 saturated carbocycles. The van der Waals surface area contributed by atoms with E-state index in [1.165, 1.54) is 4.80 Å². The van der Waals surface area contributed by atoms with Gasteiger partial charge in [-0.1, -0.05) is 39.0 Å². The number of carbonyl (C=O) groups is 1. The van der Waals surface area contributed by atoms with Crippen molar-refractivity contribution in [3.05, 3.63) is 47.5 Å². The fraction of sp³-hybridized carbons (Fsp3) is 0.381. The number of fused-ring (bicyclic) bond motifs is 1. The van der Waals surface area contributed by atoms with Crippen LogP contribution < -0.4 is 0 Å². The van der Waals surface area contributed by atoms with E-state index >= 15 is 0 Å². The zero-order chi connectivity index (χ0) is 20.5. The van der Waals surface area contributed by atoms with Crippen molar-refractivity contribution in [2.45, 2.75) is 45.1 Å². The second-order valence-electron chi connectivity index (χ2n) is 7.92. The number of hydrogen-bond donors (Lipinski definition) is 3. The Bertz CT molecular complexity index is 972. The summed E-state index contributed by atoms with van der Waals surface area (Å²) < 4.78 is 0. The van der Waals surface area contributed by atoms with Gasteiger partial charge in [-0.15, -0.1) is 15.0 Å². The maximum atomic E-state index is 11.4. The normalized spacial score (nSPS) is 13.0. The predicted octanol–water partition coefficient (Wildman–Crippen LogP) is 2.28. The fourth-order valence-corrected chi connectivity index (χ4v) is 3.08. The third-order valence-corrected chi connectivity index (χ3v) is 4.69. The molecule has 0 fully saturated rings. The van der Waals surface area contributed by atoms with E-state index in [-0.39, 0.29) is 17.6 Å². The molecule has 0 aliphatic heterocycles. The topological polar surface area (TPSA) is 108 Å². The summed E-state index contributed by atoms with van der Waals surface area (Å²) in [6, 6.07) is 11.1. The van der Waals surface area contributed by atoms with Crippen LogP contribution in [0.2, 0.25) is 0 Å². The second-order valence-corrected chi connectivity index (χ2v) is 7.92. The van der Waals surface area contributed by atoms with Crippen LogP contribution in [0.4, 0.5) is 0 Å². The molecule has 0 aliphatic rings. The van der Waals surface area contributed by atoms with E-state index in [1.54, 1.807) is 6.07 Å². The van der Waals surface area contributed by atoms with Crippen molar-refractivity contribution in [3.8, 4) is 11.4 Å². The standard InChI is InChI=1S/C21H25N3O4/c1-21(2,3)14-10-13(8-9-18(26)19(27)12-25)11-17(20(14)28)24-22-15-6-4-5-7-16(15)23-24/h4-7,10-11,18,25-26,28H,8-9,12H2,1-3H3. The molecule has 1 atom stereocenters. The largest absolute Gasteiger partial charge is 0.505 e. The summed E-state index contributed by atoms with van der Waals surface area (Å²) >= 11 is 0. The van der Waals surface area contributed by atoms with Crippen molar-refractivity contribution in [3.63, 3.8) is 0 Å². The average molecular weight is 383 g/mol. The van der Waals surface area contributed by atoms with Crippen molar-refractivity contribution in [2.75, 3.05) is 6.61 Å². The van der Waals surface area contributed by atoms with Gasteiger partial charge in [0.25, 0.3) is 0 Å². The van der Waals surface area contributed by atoms with Gasteiger partial charge in [0.2, 0.25) is 0 Å². The lowest BCUT2D eigenvalue weighted by Gasteiger charge is -2.23. The molecule has 148 valence electrons. The molecule has 0 aliphatic carbocycles. The van der Waals surface area contributed by atoms with Crippen molar-refractivity contribution in [1.82, 2.24) is 15.0 Å². The summed E-state index contributed by atoms with van der Waals surface area (Å²) in [6.07, 6.45) is -0.628. The monoisotopic (exact) mass is 383 g/mol. The molecular weight excluding hydrogens is 358 g/mol. The molecule has 1 unspecified atom stereocenters. The number of phenolic OH excluding ortho intramolecular Hbond substituents is 1. The summed E-state index contributed by atoms with van der Waals surface area (Å²) in [6.45, 7) is 5.30. The quantitative estimate of drug-likeness (QED) is 0.603. The van der Waals surface area contributed by atoms with Gasteiger partial charge in [0, 0.05) is 5.56 Å². The molecular formula is C21H25N3O4. The summed E-state index contributed by atoms with van der Waals surface area (Å²) in [5.41, 5.74) is 3.11. The fourth-order valence-electron chi connectivity index (χ4n) is 3.08. The number of benzene rings is 2. The number of nitrogens with zero attached hydrogens (tertiary/aromatic N) is 3. The van der Waals surface area contributed by atoms with Crippen molar-refractivity contribution >= 4 is 16.8 Å². The third-order valence-electron chi connectivity index (χ3n) is 4.69. The highest BCUT2D eigenvalue weighted by molar-refractivity contribution is 5.83. The molecule has 28 heavy (non-hydrogen) atoms. The lowest BCUT2D eigenvalue weighted by molar-refractivity contribution is -0.130. The minimum atomic E-state index is -1.22. The first-order valence-electron chi connectivity index (χ1n) is 9.21. The number of aliphatic hydroxyl groups is 2. The number of Topliss-reactive ketones (excluding diaryl/α,β-unsaturated/α-hetero) is 1. The molecule has 0 bridgehead atoms. The van der Waals surface area contributed by atoms with E-state index < -0.39 is 18.5 Å². The number of aromatic hydroxyl groups is 1. The van der Waals surface area contributed by atoms with Gasteiger partial charge in [-0.25, -0.2) is 0 Å². The van der Waals surface area contributed by atoms with Gasteiger partial charge >= 0.3 is 0 Å². The van der Waals surface area contributed by atoms with Gasteiger partial charge in [0.1, 0.15) is 35.2 Å². The van der Waals surface area contributed by atoms with E-state index in [9.17, 15) is 15.0 Å². The summed E-state index contributed by atoms with van der Waals surface area (Å²) in [7, 11) is 0. The molecule has 2 aromatic carbocycles. The average Bonchev–Trinajstić information content (AvgIpc) is 3.09. The highest BCUT2D eigenvalue weighted by Gasteiger charge is 2.24. The van der Waals surface area contributed by atoms with Gasteiger partial charge in [0.15, 0.2) is 5.78 Å². The van der Waals surface area contributed by atoms with Crippen LogP contribution in [-0.4, -0.2) is 48.8 Å². The number of aromatic nitrogens is 3. The maximum absolute atomic E-state index is 11.4. The molecule has 0 amide bonds. The molecule has 0 radical (unpaired) electrons. The summed E-state index contributed by atoms with van der Waals surface area (Å²) in [4.78, 5) is 12.8. The van der Waals surface area contributed by atoms with Crippen molar-refractivity contribution in [2.24, 2.45) is 0 Å². The molecule has 7 heteroatoms. The first kappa shape index (κ1) is 20.0. The van der Waals surface area contributed by atoms with Gasteiger partial charge < -0.3 is 15.3 Å². The number of aryl methyl sites for hydroxylation is 1. The smallest absolute Gasteiger partial charge is 0.186 e. The number of carbonyl (C=O) groups excluding carboxylic acids is 1. The molecule has 1 heterocycles. The van der Waals surface area contributed by atoms with Crippen LogP contribution in [0.5, 0.6) is 5.75 Å². The number of ketones is 1. The first-order valence-corrected chi connectivity index (χ1v) is 9.21. The molecule has 3 rings (SSSR count). The predicted molar refractivity (Wildman–Crippen MR) is 106 cm³/mol. The maximum Gasteiger partial charge on any atom is 0.186 e. The van der Waals surface area contributed by atoms with Crippen LogP contribution >= 0.6 is 0 Å². The van der Waals surface area contributed by atoms with E-state index in [4.69, 9.17) is 5.11 Å². The zero-order valence-electron chi connectivity index (χ0n) is 16.3. The van der Waals surface area contributed by atoms with Gasteiger partial charge in [0.05, 0.1) is 0 Å². The first-order chi connectivity index (χ1) is 13.2. The molecule has 1 aromatic heterocycles. The number of phenols is 1. The van der Waals surface area contributed by atoms with E-state index in [0.29, 0.717) is 23.1 Å². The van der Waals surface area contributed by atoms with Crippen LogP contribution in [0.25, 0.3) is 16.7 Å². The Labute approximate surface area is 163 Å². The Morgan fingerprint density at radius 2 is 1.75 bits per heavy atom. The molecule has 7 nitrogen and oxygen atoms in total. The lowest BCUT2D eigenvalue weighted by atomic mass is 9.84. The molecule has 0 saturated heterocycles. The molecule has 3 N–H and O–H groups in total. The number of rotatable bonds is 6. The Morgan fingerprint density at radius 3 is 2.29 bits per heavy atom. The van der Waals surface area contributed by atoms with Crippen LogP contribution in [-0.2, 0) is 16.6 Å². The minimum Gasteiger partial charge on any atom is -0.505 e. The van der Waals surface area contributed by atoms with Gasteiger partial charge in [-0.3, -0.25) is 4.79 Å². The van der Waals surface area contributed by atoms with Crippen molar-refractivity contribution in [1.29, 1.82) is 0 Å². The van der Waals surface area contributed by atoms with Crippen LogP contribution in [0, 0.1) is 0 Å².